The second-order valence-electron chi connectivity index (χ2n) is 6.67. The van der Waals surface area contributed by atoms with Gasteiger partial charge in [0, 0.05) is 30.7 Å². The van der Waals surface area contributed by atoms with E-state index < -0.39 is 0 Å². The van der Waals surface area contributed by atoms with Crippen LogP contribution in [0.1, 0.15) is 41.0 Å². The lowest BCUT2D eigenvalue weighted by Gasteiger charge is -2.24. The number of nitrogens with zero attached hydrogens (tertiary/aromatic N) is 4. The fourth-order valence-corrected chi connectivity index (χ4v) is 4.14. The zero-order valence-corrected chi connectivity index (χ0v) is 16.2. The molecule has 0 spiro atoms. The zero-order chi connectivity index (χ0) is 18.6. The first-order valence-electron chi connectivity index (χ1n) is 9.31. The normalized spacial score (nSPS) is 17.7. The summed E-state index contributed by atoms with van der Waals surface area (Å²) < 4.78 is 1.70. The maximum atomic E-state index is 13.1. The molecule has 1 amide bonds. The lowest BCUT2D eigenvalue weighted by atomic mass is 10.1. The van der Waals surface area contributed by atoms with E-state index in [-0.39, 0.29) is 11.9 Å². The van der Waals surface area contributed by atoms with Crippen molar-refractivity contribution < 1.29 is 4.79 Å². The minimum absolute atomic E-state index is 0.0261. The van der Waals surface area contributed by atoms with E-state index >= 15 is 0 Å². The Morgan fingerprint density at radius 1 is 1.33 bits per heavy atom. The molecule has 27 heavy (non-hydrogen) atoms. The van der Waals surface area contributed by atoms with Gasteiger partial charge in [0.15, 0.2) is 0 Å². The number of thiazole rings is 1. The maximum absolute atomic E-state index is 13.1. The molecule has 1 atom stereocenters. The number of nitrogens with one attached hydrogen (secondary N) is 1. The van der Waals surface area contributed by atoms with E-state index in [9.17, 15) is 4.79 Å². The summed E-state index contributed by atoms with van der Waals surface area (Å²) in [5, 5.41) is 10.7. The monoisotopic (exact) mass is 381 g/mol. The highest BCUT2D eigenvalue weighted by Gasteiger charge is 2.24. The standard InChI is InChI=1S/C20H23N5OS/c1-2-17-14-27-20(23-17)25-12-16(11-22-25)19(26)24-10-6-9-21-18(13-24)15-7-4-3-5-8-15/h3-5,7-8,11-12,14,18,21H,2,6,9-10,13H2,1H3. The molecule has 0 bridgehead atoms. The minimum atomic E-state index is 0.0261. The molecular formula is C20H23N5OS. The number of rotatable bonds is 4. The Hall–Kier alpha value is -2.51. The van der Waals surface area contributed by atoms with Crippen molar-refractivity contribution >= 4 is 17.2 Å². The lowest BCUT2D eigenvalue weighted by molar-refractivity contribution is 0.0753. The molecule has 1 unspecified atom stereocenters. The molecule has 140 valence electrons. The van der Waals surface area contributed by atoms with Gasteiger partial charge in [-0.3, -0.25) is 4.79 Å². The van der Waals surface area contributed by atoms with Gasteiger partial charge in [-0.05, 0) is 24.9 Å². The van der Waals surface area contributed by atoms with Gasteiger partial charge in [-0.1, -0.05) is 37.3 Å². The summed E-state index contributed by atoms with van der Waals surface area (Å²) in [6.45, 7) is 4.39. The average Bonchev–Trinajstić information content (AvgIpc) is 3.32. The van der Waals surface area contributed by atoms with Gasteiger partial charge in [-0.15, -0.1) is 11.3 Å². The number of benzene rings is 1. The van der Waals surface area contributed by atoms with Gasteiger partial charge < -0.3 is 10.2 Å². The minimum Gasteiger partial charge on any atom is -0.337 e. The number of hydrogen-bond acceptors (Lipinski definition) is 5. The maximum Gasteiger partial charge on any atom is 0.257 e. The van der Waals surface area contributed by atoms with Crippen molar-refractivity contribution in [3.05, 3.63) is 64.9 Å². The predicted octanol–water partition coefficient (Wildman–Crippen LogP) is 3.07. The smallest absolute Gasteiger partial charge is 0.257 e. The molecule has 0 radical (unpaired) electrons. The van der Waals surface area contributed by atoms with E-state index in [2.05, 4.69) is 34.5 Å². The Morgan fingerprint density at radius 2 is 2.19 bits per heavy atom. The van der Waals surface area contributed by atoms with Crippen LogP contribution < -0.4 is 5.32 Å². The summed E-state index contributed by atoms with van der Waals surface area (Å²) >= 11 is 1.54. The Kier molecular flexibility index (Phi) is 5.31. The molecule has 6 nitrogen and oxygen atoms in total. The van der Waals surface area contributed by atoms with E-state index in [4.69, 9.17) is 0 Å². The molecule has 4 rings (SSSR count). The third kappa shape index (κ3) is 3.94. The van der Waals surface area contributed by atoms with Gasteiger partial charge in [0.25, 0.3) is 5.91 Å². The van der Waals surface area contributed by atoms with Gasteiger partial charge in [-0.25, -0.2) is 9.67 Å². The highest BCUT2D eigenvalue weighted by molar-refractivity contribution is 7.12. The van der Waals surface area contributed by atoms with Crippen LogP contribution in [-0.2, 0) is 6.42 Å². The molecule has 1 aliphatic rings. The molecule has 3 heterocycles. The first kappa shape index (κ1) is 17.9. The SMILES string of the molecule is CCc1csc(-n2cc(C(=O)N3CCCNC(c4ccccc4)C3)cn2)n1. The van der Waals surface area contributed by atoms with Crippen LogP contribution in [0.5, 0.6) is 0 Å². The van der Waals surface area contributed by atoms with Crippen LogP contribution in [0.3, 0.4) is 0 Å². The molecule has 7 heteroatoms. The summed E-state index contributed by atoms with van der Waals surface area (Å²) in [5.74, 6) is 0.0261. The number of carbonyl (C=O) groups is 1. The molecule has 1 saturated heterocycles. The molecule has 0 aliphatic carbocycles. The largest absolute Gasteiger partial charge is 0.337 e. The van der Waals surface area contributed by atoms with Gasteiger partial charge in [-0.2, -0.15) is 5.10 Å². The molecular weight excluding hydrogens is 358 g/mol. The summed E-state index contributed by atoms with van der Waals surface area (Å²) in [6.07, 6.45) is 5.27. The van der Waals surface area contributed by atoms with E-state index in [0.29, 0.717) is 12.1 Å². The van der Waals surface area contributed by atoms with Crippen LogP contribution in [0, 0.1) is 0 Å². The number of aromatic nitrogens is 3. The summed E-state index contributed by atoms with van der Waals surface area (Å²) in [7, 11) is 0. The Balaban J connectivity index is 1.51. The first-order chi connectivity index (χ1) is 13.2. The Labute approximate surface area is 162 Å². The van der Waals surface area contributed by atoms with E-state index in [1.165, 1.54) is 5.56 Å². The van der Waals surface area contributed by atoms with Crippen LogP contribution in [0.4, 0.5) is 0 Å². The van der Waals surface area contributed by atoms with Crippen LogP contribution in [0.25, 0.3) is 5.13 Å². The zero-order valence-electron chi connectivity index (χ0n) is 15.3. The number of amides is 1. The van der Waals surface area contributed by atoms with Crippen molar-refractivity contribution in [2.75, 3.05) is 19.6 Å². The van der Waals surface area contributed by atoms with Crippen molar-refractivity contribution in [1.82, 2.24) is 25.0 Å². The summed E-state index contributed by atoms with van der Waals surface area (Å²) in [4.78, 5) is 19.5. The van der Waals surface area contributed by atoms with Crippen molar-refractivity contribution in [2.24, 2.45) is 0 Å². The third-order valence-electron chi connectivity index (χ3n) is 4.82. The molecule has 1 fully saturated rings. The van der Waals surface area contributed by atoms with Gasteiger partial charge in [0.2, 0.25) is 5.13 Å². The molecule has 1 aromatic carbocycles. The fourth-order valence-electron chi connectivity index (χ4n) is 3.30. The molecule has 2 aromatic heterocycles. The Morgan fingerprint density at radius 3 is 2.96 bits per heavy atom. The van der Waals surface area contributed by atoms with Crippen LogP contribution >= 0.6 is 11.3 Å². The van der Waals surface area contributed by atoms with Gasteiger partial charge in [0.1, 0.15) is 0 Å². The van der Waals surface area contributed by atoms with Crippen molar-refractivity contribution in [2.45, 2.75) is 25.8 Å². The highest BCUT2D eigenvalue weighted by Crippen LogP contribution is 2.20. The lowest BCUT2D eigenvalue weighted by Crippen LogP contribution is -2.36. The number of aryl methyl sites for hydroxylation is 1. The van der Waals surface area contributed by atoms with Gasteiger partial charge >= 0.3 is 0 Å². The van der Waals surface area contributed by atoms with Crippen molar-refractivity contribution in [1.29, 1.82) is 0 Å². The Bertz CT molecular complexity index is 904. The fraction of sp³-hybridized carbons (Fsp3) is 0.350. The second-order valence-corrected chi connectivity index (χ2v) is 7.51. The summed E-state index contributed by atoms with van der Waals surface area (Å²) in [5.41, 5.74) is 2.86. The van der Waals surface area contributed by atoms with Crippen molar-refractivity contribution in [3.8, 4) is 5.13 Å². The van der Waals surface area contributed by atoms with E-state index in [0.717, 1.165) is 36.8 Å². The predicted molar refractivity (Wildman–Crippen MR) is 106 cm³/mol. The van der Waals surface area contributed by atoms with Gasteiger partial charge in [0.05, 0.1) is 17.5 Å². The van der Waals surface area contributed by atoms with Crippen LogP contribution in [0.2, 0.25) is 0 Å². The third-order valence-corrected chi connectivity index (χ3v) is 5.69. The number of carbonyl (C=O) groups excluding carboxylic acids is 1. The van der Waals surface area contributed by atoms with E-state index in [1.54, 1.807) is 28.4 Å². The second kappa shape index (κ2) is 8.02. The topological polar surface area (TPSA) is 63.1 Å². The summed E-state index contributed by atoms with van der Waals surface area (Å²) in [6, 6.07) is 10.5. The molecule has 1 aliphatic heterocycles. The highest BCUT2D eigenvalue weighted by atomic mass is 32.1. The quantitative estimate of drug-likeness (QED) is 0.754. The molecule has 1 N–H and O–H groups in total. The number of hydrogen-bond donors (Lipinski definition) is 1. The van der Waals surface area contributed by atoms with Crippen LogP contribution in [-0.4, -0.2) is 45.2 Å². The average molecular weight is 382 g/mol. The van der Waals surface area contributed by atoms with Crippen LogP contribution in [0.15, 0.2) is 48.1 Å². The molecule has 3 aromatic rings. The first-order valence-corrected chi connectivity index (χ1v) is 10.2. The van der Waals surface area contributed by atoms with E-state index in [1.807, 2.05) is 28.5 Å². The van der Waals surface area contributed by atoms with Crippen molar-refractivity contribution in [3.63, 3.8) is 0 Å². The molecule has 0 saturated carbocycles.